The Balaban J connectivity index is 2.04. The number of hydrogen-bond acceptors (Lipinski definition) is 3. The number of urea groups is 1. The first-order valence-corrected chi connectivity index (χ1v) is 7.54. The lowest BCUT2D eigenvalue weighted by molar-refractivity contribution is 0.203. The minimum absolute atomic E-state index is 0.0389. The van der Waals surface area contributed by atoms with Gasteiger partial charge in [-0.25, -0.2) is 4.79 Å². The Kier molecular flexibility index (Phi) is 5.31. The maximum atomic E-state index is 12.2. The number of nitrogens with zero attached hydrogens (tertiary/aromatic N) is 1. The molecule has 1 aliphatic rings. The lowest BCUT2D eigenvalue weighted by Crippen LogP contribution is -2.41. The van der Waals surface area contributed by atoms with Gasteiger partial charge < -0.3 is 20.6 Å². The number of anilines is 2. The Morgan fingerprint density at radius 2 is 2.19 bits per heavy atom. The summed E-state index contributed by atoms with van der Waals surface area (Å²) in [5.41, 5.74) is 1.56. The van der Waals surface area contributed by atoms with Crippen LogP contribution in [-0.2, 0) is 0 Å². The summed E-state index contributed by atoms with van der Waals surface area (Å²) in [5, 5.41) is 15.7. The molecule has 1 fully saturated rings. The summed E-state index contributed by atoms with van der Waals surface area (Å²) in [6.07, 6.45) is 2.91. The number of aliphatic hydroxyl groups is 1. The van der Waals surface area contributed by atoms with Gasteiger partial charge in [-0.1, -0.05) is 18.0 Å². The summed E-state index contributed by atoms with van der Waals surface area (Å²) in [4.78, 5) is 14.1. The summed E-state index contributed by atoms with van der Waals surface area (Å²) in [5.74, 6) is 0.156. The van der Waals surface area contributed by atoms with Crippen LogP contribution in [0.4, 0.5) is 16.2 Å². The smallest absolute Gasteiger partial charge is 0.319 e. The SMILES string of the molecule is CN(C)c1ccc(Cl)cc1NC(=O)N[C@H]1CCC[C@H]1CO. The van der Waals surface area contributed by atoms with Crippen LogP contribution in [0.1, 0.15) is 19.3 Å². The van der Waals surface area contributed by atoms with Crippen LogP contribution in [0.2, 0.25) is 5.02 Å². The second-order valence-electron chi connectivity index (χ2n) is 5.63. The minimum atomic E-state index is -0.259. The Labute approximate surface area is 130 Å². The van der Waals surface area contributed by atoms with E-state index in [1.807, 2.05) is 25.1 Å². The van der Waals surface area contributed by atoms with E-state index in [0.717, 1.165) is 24.9 Å². The van der Waals surface area contributed by atoms with Gasteiger partial charge in [0.05, 0.1) is 11.4 Å². The fraction of sp³-hybridized carbons (Fsp3) is 0.533. The zero-order valence-corrected chi connectivity index (χ0v) is 13.2. The van der Waals surface area contributed by atoms with E-state index in [-0.39, 0.29) is 24.6 Å². The summed E-state index contributed by atoms with van der Waals surface area (Å²) < 4.78 is 0. The van der Waals surface area contributed by atoms with Gasteiger partial charge in [0.1, 0.15) is 0 Å². The van der Waals surface area contributed by atoms with Crippen LogP contribution in [0.15, 0.2) is 18.2 Å². The number of carbonyl (C=O) groups excluding carboxylic acids is 1. The fourth-order valence-electron chi connectivity index (χ4n) is 2.77. The highest BCUT2D eigenvalue weighted by Gasteiger charge is 2.28. The quantitative estimate of drug-likeness (QED) is 0.801. The average Bonchev–Trinajstić information content (AvgIpc) is 2.85. The zero-order valence-electron chi connectivity index (χ0n) is 12.4. The summed E-state index contributed by atoms with van der Waals surface area (Å²) in [7, 11) is 3.82. The van der Waals surface area contributed by atoms with E-state index >= 15 is 0 Å². The van der Waals surface area contributed by atoms with Crippen molar-refractivity contribution in [1.29, 1.82) is 0 Å². The van der Waals surface area contributed by atoms with Gasteiger partial charge in [0, 0.05) is 37.7 Å². The van der Waals surface area contributed by atoms with Gasteiger partial charge >= 0.3 is 6.03 Å². The van der Waals surface area contributed by atoms with Crippen molar-refractivity contribution in [3.05, 3.63) is 23.2 Å². The van der Waals surface area contributed by atoms with Crippen molar-refractivity contribution in [1.82, 2.24) is 5.32 Å². The molecule has 0 aromatic heterocycles. The molecule has 6 heteroatoms. The predicted molar refractivity (Wildman–Crippen MR) is 86.1 cm³/mol. The van der Waals surface area contributed by atoms with Crippen molar-refractivity contribution in [2.75, 3.05) is 30.9 Å². The average molecular weight is 312 g/mol. The fourth-order valence-corrected chi connectivity index (χ4v) is 2.94. The molecule has 0 aliphatic heterocycles. The molecule has 0 unspecified atom stereocenters. The lowest BCUT2D eigenvalue weighted by Gasteiger charge is -2.22. The van der Waals surface area contributed by atoms with E-state index in [2.05, 4.69) is 10.6 Å². The molecule has 21 heavy (non-hydrogen) atoms. The normalized spacial score (nSPS) is 21.1. The van der Waals surface area contributed by atoms with Crippen molar-refractivity contribution in [3.8, 4) is 0 Å². The van der Waals surface area contributed by atoms with Gasteiger partial charge in [-0.05, 0) is 31.0 Å². The van der Waals surface area contributed by atoms with Crippen LogP contribution >= 0.6 is 11.6 Å². The first-order chi connectivity index (χ1) is 10.0. The van der Waals surface area contributed by atoms with Crippen molar-refractivity contribution >= 4 is 29.0 Å². The molecule has 2 atom stereocenters. The third-order valence-electron chi connectivity index (χ3n) is 3.90. The van der Waals surface area contributed by atoms with Gasteiger partial charge in [-0.2, -0.15) is 0 Å². The number of rotatable bonds is 4. The Hall–Kier alpha value is -1.46. The molecule has 2 rings (SSSR count). The number of amides is 2. The molecule has 1 aromatic rings. The van der Waals surface area contributed by atoms with Crippen LogP contribution in [0.25, 0.3) is 0 Å². The standard InChI is InChI=1S/C15H22ClN3O2/c1-19(2)14-7-6-11(16)8-13(14)18-15(21)17-12-5-3-4-10(12)9-20/h6-8,10,12,20H,3-5,9H2,1-2H3,(H2,17,18,21)/t10-,12-/m0/s1. The molecule has 1 aliphatic carbocycles. The molecular weight excluding hydrogens is 290 g/mol. The maximum absolute atomic E-state index is 12.2. The van der Waals surface area contributed by atoms with Gasteiger partial charge in [-0.3, -0.25) is 0 Å². The van der Waals surface area contributed by atoms with Gasteiger partial charge in [0.25, 0.3) is 0 Å². The summed E-state index contributed by atoms with van der Waals surface area (Å²) >= 11 is 6.00. The topological polar surface area (TPSA) is 64.6 Å². The van der Waals surface area contributed by atoms with Crippen LogP contribution in [0.3, 0.4) is 0 Å². The largest absolute Gasteiger partial charge is 0.396 e. The molecule has 116 valence electrons. The molecule has 0 spiro atoms. The van der Waals surface area contributed by atoms with Crippen molar-refractivity contribution < 1.29 is 9.90 Å². The molecule has 1 aromatic carbocycles. The van der Waals surface area contributed by atoms with Crippen LogP contribution in [-0.4, -0.2) is 37.9 Å². The molecular formula is C15H22ClN3O2. The van der Waals surface area contributed by atoms with E-state index in [1.165, 1.54) is 0 Å². The summed E-state index contributed by atoms with van der Waals surface area (Å²) in [6, 6.07) is 5.17. The van der Waals surface area contributed by atoms with Crippen LogP contribution < -0.4 is 15.5 Å². The summed E-state index contributed by atoms with van der Waals surface area (Å²) in [6.45, 7) is 0.116. The molecule has 0 saturated heterocycles. The number of nitrogens with one attached hydrogen (secondary N) is 2. The van der Waals surface area contributed by atoms with E-state index < -0.39 is 0 Å². The molecule has 3 N–H and O–H groups in total. The van der Waals surface area contributed by atoms with E-state index in [0.29, 0.717) is 10.7 Å². The van der Waals surface area contributed by atoms with E-state index in [4.69, 9.17) is 11.6 Å². The molecule has 2 amide bonds. The Bertz CT molecular complexity index is 508. The van der Waals surface area contributed by atoms with Crippen molar-refractivity contribution in [2.24, 2.45) is 5.92 Å². The molecule has 0 heterocycles. The van der Waals surface area contributed by atoms with Gasteiger partial charge in [0.15, 0.2) is 0 Å². The zero-order chi connectivity index (χ0) is 15.4. The number of benzene rings is 1. The number of aliphatic hydroxyl groups excluding tert-OH is 1. The van der Waals surface area contributed by atoms with E-state index in [9.17, 15) is 9.90 Å². The first-order valence-electron chi connectivity index (χ1n) is 7.16. The Morgan fingerprint density at radius 1 is 1.43 bits per heavy atom. The highest BCUT2D eigenvalue weighted by Crippen LogP contribution is 2.28. The number of carbonyl (C=O) groups is 1. The third-order valence-corrected chi connectivity index (χ3v) is 4.13. The third kappa shape index (κ3) is 4.02. The molecule has 1 saturated carbocycles. The van der Waals surface area contributed by atoms with Gasteiger partial charge in [-0.15, -0.1) is 0 Å². The Morgan fingerprint density at radius 3 is 2.86 bits per heavy atom. The molecule has 0 bridgehead atoms. The van der Waals surface area contributed by atoms with Gasteiger partial charge in [0.2, 0.25) is 0 Å². The minimum Gasteiger partial charge on any atom is -0.396 e. The monoisotopic (exact) mass is 311 g/mol. The number of hydrogen-bond donors (Lipinski definition) is 3. The maximum Gasteiger partial charge on any atom is 0.319 e. The second-order valence-corrected chi connectivity index (χ2v) is 6.07. The predicted octanol–water partition coefficient (Wildman–Crippen LogP) is 2.69. The highest BCUT2D eigenvalue weighted by molar-refractivity contribution is 6.31. The van der Waals surface area contributed by atoms with Crippen LogP contribution in [0, 0.1) is 5.92 Å². The first kappa shape index (κ1) is 15.9. The molecule has 0 radical (unpaired) electrons. The molecule has 5 nitrogen and oxygen atoms in total. The van der Waals surface area contributed by atoms with Crippen molar-refractivity contribution in [2.45, 2.75) is 25.3 Å². The second kappa shape index (κ2) is 7.00. The lowest BCUT2D eigenvalue weighted by atomic mass is 10.1. The number of halogens is 1. The highest BCUT2D eigenvalue weighted by atomic mass is 35.5. The van der Waals surface area contributed by atoms with E-state index in [1.54, 1.807) is 12.1 Å². The van der Waals surface area contributed by atoms with Crippen molar-refractivity contribution in [3.63, 3.8) is 0 Å². The van der Waals surface area contributed by atoms with Crippen LogP contribution in [0.5, 0.6) is 0 Å².